The summed E-state index contributed by atoms with van der Waals surface area (Å²) in [4.78, 5) is 25.7. The predicted molar refractivity (Wildman–Crippen MR) is 155 cm³/mol. The summed E-state index contributed by atoms with van der Waals surface area (Å²) in [7, 11) is 0. The number of aryl methyl sites for hydroxylation is 1. The molecule has 0 radical (unpaired) electrons. The minimum Gasteiger partial charge on any atom is -0.465 e. The lowest BCUT2D eigenvalue weighted by Gasteiger charge is -2.30. The molecule has 3 N–H and O–H groups in total. The summed E-state index contributed by atoms with van der Waals surface area (Å²) in [5.41, 5.74) is 2.49. The molecule has 39 heavy (non-hydrogen) atoms. The van der Waals surface area contributed by atoms with E-state index in [1.807, 2.05) is 33.8 Å². The van der Waals surface area contributed by atoms with Crippen LogP contribution in [0.4, 0.5) is 0 Å². The van der Waals surface area contributed by atoms with Crippen LogP contribution in [-0.4, -0.2) is 33.6 Å². The van der Waals surface area contributed by atoms with E-state index in [-0.39, 0.29) is 22.7 Å². The summed E-state index contributed by atoms with van der Waals surface area (Å²) in [6, 6.07) is 0. The molecule has 0 aliphatic rings. The van der Waals surface area contributed by atoms with Crippen molar-refractivity contribution in [1.82, 2.24) is 0 Å². The first-order valence-electron chi connectivity index (χ1n) is 14.1. The average molecular weight is 545 g/mol. The van der Waals surface area contributed by atoms with Gasteiger partial charge in [0.1, 0.15) is 23.0 Å². The first-order chi connectivity index (χ1) is 18.1. The third kappa shape index (κ3) is 6.64. The van der Waals surface area contributed by atoms with Crippen molar-refractivity contribution in [3.8, 4) is 0 Å². The summed E-state index contributed by atoms with van der Waals surface area (Å²) < 4.78 is 12.3. The molecular formula is C32H48O7. The SMILES string of the molecule is CCc1oc([C@H](C)[C@H](O)[C@@H](C)[C@@H](O)/C(C)=C/[C@@H](C)c2oc([C@H](C)[C@@H](O)CC)c(C)c(=O)c2C)c(C)c(=O)c1C. The molecule has 7 nitrogen and oxygen atoms in total. The average Bonchev–Trinajstić information content (AvgIpc) is 2.92. The molecule has 2 aromatic heterocycles. The topological polar surface area (TPSA) is 121 Å². The van der Waals surface area contributed by atoms with Crippen LogP contribution in [0.25, 0.3) is 0 Å². The van der Waals surface area contributed by atoms with E-state index in [4.69, 9.17) is 8.83 Å². The zero-order valence-corrected chi connectivity index (χ0v) is 25.5. The quantitative estimate of drug-likeness (QED) is 0.321. The van der Waals surface area contributed by atoms with Crippen LogP contribution in [-0.2, 0) is 6.42 Å². The summed E-state index contributed by atoms with van der Waals surface area (Å²) in [6.07, 6.45) is 0.368. The van der Waals surface area contributed by atoms with E-state index >= 15 is 0 Å². The molecule has 7 atom stereocenters. The molecule has 0 saturated heterocycles. The first-order valence-corrected chi connectivity index (χ1v) is 14.1. The Morgan fingerprint density at radius 2 is 1.26 bits per heavy atom. The fourth-order valence-electron chi connectivity index (χ4n) is 5.53. The van der Waals surface area contributed by atoms with Crippen molar-refractivity contribution in [2.75, 3.05) is 0 Å². The monoisotopic (exact) mass is 544 g/mol. The standard InChI is InChI=1S/C32H48O7/c1-12-24(33)17(5)31-23(11)29(37)20(8)30(39-31)16(4)14-15(3)26(34)19(7)28(36)22(10)32-21(9)27(35)18(6)25(13-2)38-32/h14,16-17,19,22,24,26,28,33-34,36H,12-13H2,1-11H3/b15-14+/t16-,17-,19+,22-,24+,26+,28-/m1/s1. The van der Waals surface area contributed by atoms with Crippen LogP contribution in [0, 0.1) is 33.6 Å². The van der Waals surface area contributed by atoms with Gasteiger partial charge in [-0.15, -0.1) is 0 Å². The van der Waals surface area contributed by atoms with Crippen LogP contribution in [0.5, 0.6) is 0 Å². The summed E-state index contributed by atoms with van der Waals surface area (Å²) in [5.74, 6) is 0.278. The summed E-state index contributed by atoms with van der Waals surface area (Å²) in [6.45, 7) is 19.8. The minimum absolute atomic E-state index is 0.0830. The van der Waals surface area contributed by atoms with Crippen molar-refractivity contribution in [3.05, 3.63) is 77.4 Å². The van der Waals surface area contributed by atoms with Gasteiger partial charge in [-0.2, -0.15) is 0 Å². The van der Waals surface area contributed by atoms with Crippen molar-refractivity contribution in [2.24, 2.45) is 5.92 Å². The maximum absolute atomic E-state index is 13.0. The Morgan fingerprint density at radius 3 is 1.77 bits per heavy atom. The van der Waals surface area contributed by atoms with Crippen molar-refractivity contribution >= 4 is 0 Å². The number of hydrogen-bond acceptors (Lipinski definition) is 7. The molecule has 0 saturated carbocycles. The molecule has 2 aromatic rings. The fourth-order valence-corrected chi connectivity index (χ4v) is 5.53. The Kier molecular flexibility index (Phi) is 11.1. The van der Waals surface area contributed by atoms with Gasteiger partial charge >= 0.3 is 0 Å². The van der Waals surface area contributed by atoms with Gasteiger partial charge in [0.25, 0.3) is 0 Å². The van der Waals surface area contributed by atoms with Crippen LogP contribution < -0.4 is 10.9 Å². The molecule has 2 heterocycles. The second kappa shape index (κ2) is 13.2. The number of aliphatic hydroxyl groups is 3. The highest BCUT2D eigenvalue weighted by Crippen LogP contribution is 2.32. The lowest BCUT2D eigenvalue weighted by atomic mass is 9.83. The van der Waals surface area contributed by atoms with E-state index in [2.05, 4.69) is 0 Å². The molecule has 218 valence electrons. The van der Waals surface area contributed by atoms with Crippen LogP contribution >= 0.6 is 0 Å². The van der Waals surface area contributed by atoms with Gasteiger partial charge in [-0.3, -0.25) is 9.59 Å². The van der Waals surface area contributed by atoms with E-state index in [0.717, 1.165) is 0 Å². The second-order valence-corrected chi connectivity index (χ2v) is 11.3. The molecule has 0 aromatic carbocycles. The summed E-state index contributed by atoms with van der Waals surface area (Å²) in [5, 5.41) is 32.8. The fraction of sp³-hybridized carbons (Fsp3) is 0.625. The van der Waals surface area contributed by atoms with Gasteiger partial charge in [-0.25, -0.2) is 0 Å². The van der Waals surface area contributed by atoms with Crippen LogP contribution in [0.3, 0.4) is 0 Å². The number of hydrogen-bond donors (Lipinski definition) is 3. The molecule has 0 bridgehead atoms. The third-order valence-corrected chi connectivity index (χ3v) is 8.43. The van der Waals surface area contributed by atoms with E-state index in [0.29, 0.717) is 63.7 Å². The van der Waals surface area contributed by atoms with Crippen molar-refractivity contribution in [3.63, 3.8) is 0 Å². The highest BCUT2D eigenvalue weighted by Gasteiger charge is 2.32. The molecule has 7 heteroatoms. The maximum atomic E-state index is 13.0. The van der Waals surface area contributed by atoms with Gasteiger partial charge in [0.05, 0.1) is 18.3 Å². The second-order valence-electron chi connectivity index (χ2n) is 11.3. The van der Waals surface area contributed by atoms with Gasteiger partial charge in [-0.05, 0) is 46.6 Å². The highest BCUT2D eigenvalue weighted by molar-refractivity contribution is 5.32. The molecule has 2 rings (SSSR count). The molecular weight excluding hydrogens is 496 g/mol. The third-order valence-electron chi connectivity index (χ3n) is 8.43. The van der Waals surface area contributed by atoms with Crippen molar-refractivity contribution in [2.45, 2.75) is 125 Å². The predicted octanol–water partition coefficient (Wildman–Crippen LogP) is 5.47. The number of allylic oxidation sites excluding steroid dienone is 1. The molecule has 0 aliphatic heterocycles. The molecule has 0 unspecified atom stereocenters. The molecule has 0 amide bonds. The van der Waals surface area contributed by atoms with E-state index in [1.165, 1.54) is 0 Å². The molecule has 0 fully saturated rings. The van der Waals surface area contributed by atoms with Gasteiger partial charge in [0, 0.05) is 52.3 Å². The van der Waals surface area contributed by atoms with E-state index < -0.39 is 30.1 Å². The van der Waals surface area contributed by atoms with E-state index in [1.54, 1.807) is 48.5 Å². The Labute approximate surface area is 232 Å². The Morgan fingerprint density at radius 1 is 0.769 bits per heavy atom. The Hall–Kier alpha value is -2.48. The highest BCUT2D eigenvalue weighted by atomic mass is 16.3. The number of aliphatic hydroxyl groups excluding tert-OH is 3. The smallest absolute Gasteiger partial charge is 0.191 e. The maximum Gasteiger partial charge on any atom is 0.191 e. The molecule has 0 spiro atoms. The minimum atomic E-state index is -0.981. The Balaban J connectivity index is 2.38. The van der Waals surface area contributed by atoms with Crippen LogP contribution in [0.2, 0.25) is 0 Å². The van der Waals surface area contributed by atoms with Crippen molar-refractivity contribution < 1.29 is 24.2 Å². The number of rotatable bonds is 11. The summed E-state index contributed by atoms with van der Waals surface area (Å²) >= 11 is 0. The lowest BCUT2D eigenvalue weighted by Crippen LogP contribution is -2.35. The van der Waals surface area contributed by atoms with Crippen LogP contribution in [0.15, 0.2) is 30.1 Å². The van der Waals surface area contributed by atoms with Crippen molar-refractivity contribution in [1.29, 1.82) is 0 Å². The zero-order chi connectivity index (χ0) is 29.9. The van der Waals surface area contributed by atoms with Gasteiger partial charge < -0.3 is 24.2 Å². The van der Waals surface area contributed by atoms with Gasteiger partial charge in [0.15, 0.2) is 10.9 Å². The van der Waals surface area contributed by atoms with E-state index in [9.17, 15) is 24.9 Å². The lowest BCUT2D eigenvalue weighted by molar-refractivity contribution is 0.0216. The van der Waals surface area contributed by atoms with Gasteiger partial charge in [0.2, 0.25) is 0 Å². The molecule has 0 aliphatic carbocycles. The Bertz CT molecular complexity index is 1300. The normalized spacial score (nSPS) is 17.8. The van der Waals surface area contributed by atoms with Gasteiger partial charge in [-0.1, -0.05) is 47.6 Å². The first kappa shape index (κ1) is 32.7. The largest absolute Gasteiger partial charge is 0.465 e. The zero-order valence-electron chi connectivity index (χ0n) is 25.5. The van der Waals surface area contributed by atoms with Crippen LogP contribution in [0.1, 0.15) is 118 Å².